The van der Waals surface area contributed by atoms with Crippen LogP contribution in [-0.2, 0) is 10.8 Å². The van der Waals surface area contributed by atoms with Gasteiger partial charge >= 0.3 is 0 Å². The van der Waals surface area contributed by atoms with Gasteiger partial charge in [0.25, 0.3) is 0 Å². The number of anilines is 1. The smallest absolute Gasteiger partial charge is 0.0648 e. The Labute approximate surface area is 111 Å². The maximum Gasteiger partial charge on any atom is 0.0648 e. The molecular weight excluding hydrogens is 310 g/mol. The van der Waals surface area contributed by atoms with E-state index in [9.17, 15) is 4.21 Å². The molecule has 1 aromatic carbocycles. The molecule has 0 aromatic heterocycles. The van der Waals surface area contributed by atoms with Gasteiger partial charge in [-0.25, -0.2) is 0 Å². The minimum absolute atomic E-state index is 0.399. The van der Waals surface area contributed by atoms with Crippen molar-refractivity contribution in [2.75, 3.05) is 16.8 Å². The average molecular weight is 323 g/mol. The van der Waals surface area contributed by atoms with Gasteiger partial charge in [0.15, 0.2) is 0 Å². The van der Waals surface area contributed by atoms with Crippen LogP contribution in [0.2, 0.25) is 5.02 Å². The number of rotatable bonds is 2. The summed E-state index contributed by atoms with van der Waals surface area (Å²) in [6, 6.07) is 6.22. The lowest BCUT2D eigenvalue weighted by atomic mass is 10.1. The Morgan fingerprint density at radius 1 is 1.38 bits per heavy atom. The van der Waals surface area contributed by atoms with E-state index in [0.29, 0.717) is 6.04 Å². The standard InChI is InChI=1S/C11H13BrClNOS/c12-8-1-2-11(10(13)7-8)14-9-3-5-16(15)6-4-9/h1-2,7,9,14H,3-6H2. The number of hydrogen-bond donors (Lipinski definition) is 1. The predicted molar refractivity (Wildman–Crippen MR) is 73.7 cm³/mol. The summed E-state index contributed by atoms with van der Waals surface area (Å²) < 4.78 is 12.2. The van der Waals surface area contributed by atoms with Crippen LogP contribution in [0.1, 0.15) is 12.8 Å². The van der Waals surface area contributed by atoms with Crippen LogP contribution >= 0.6 is 27.5 Å². The summed E-state index contributed by atoms with van der Waals surface area (Å²) in [7, 11) is -0.608. The van der Waals surface area contributed by atoms with Crippen molar-refractivity contribution in [3.8, 4) is 0 Å². The molecule has 1 aliphatic rings. The zero-order valence-electron chi connectivity index (χ0n) is 8.71. The Bertz CT molecular complexity index is 403. The van der Waals surface area contributed by atoms with Crippen LogP contribution in [0.15, 0.2) is 22.7 Å². The van der Waals surface area contributed by atoms with Gasteiger partial charge < -0.3 is 5.32 Å². The van der Waals surface area contributed by atoms with E-state index in [4.69, 9.17) is 11.6 Å². The minimum Gasteiger partial charge on any atom is -0.381 e. The van der Waals surface area contributed by atoms with Gasteiger partial charge in [-0.05, 0) is 31.0 Å². The Morgan fingerprint density at radius 3 is 2.69 bits per heavy atom. The first-order valence-electron chi connectivity index (χ1n) is 5.22. The Morgan fingerprint density at radius 2 is 2.06 bits per heavy atom. The molecule has 88 valence electrons. The van der Waals surface area contributed by atoms with Crippen LogP contribution in [0.4, 0.5) is 5.69 Å². The molecule has 0 aliphatic carbocycles. The van der Waals surface area contributed by atoms with Gasteiger partial charge in [-0.3, -0.25) is 4.21 Å². The SMILES string of the molecule is O=S1CCC(Nc2ccc(Br)cc2Cl)CC1. The third-order valence-electron chi connectivity index (χ3n) is 2.68. The monoisotopic (exact) mass is 321 g/mol. The number of halogens is 2. The van der Waals surface area contributed by atoms with Crippen LogP contribution in [0.5, 0.6) is 0 Å². The molecule has 1 heterocycles. The van der Waals surface area contributed by atoms with Crippen molar-refractivity contribution in [2.45, 2.75) is 18.9 Å². The summed E-state index contributed by atoms with van der Waals surface area (Å²) in [5, 5.41) is 4.13. The molecule has 16 heavy (non-hydrogen) atoms. The molecular formula is C11H13BrClNOS. The lowest BCUT2D eigenvalue weighted by Gasteiger charge is -2.24. The van der Waals surface area contributed by atoms with E-state index in [1.807, 2.05) is 18.2 Å². The van der Waals surface area contributed by atoms with Gasteiger partial charge in [-0.1, -0.05) is 27.5 Å². The largest absolute Gasteiger partial charge is 0.381 e. The maximum atomic E-state index is 11.2. The zero-order chi connectivity index (χ0) is 11.5. The molecule has 1 N–H and O–H groups in total. The van der Waals surface area contributed by atoms with E-state index in [0.717, 1.165) is 39.5 Å². The molecule has 0 unspecified atom stereocenters. The van der Waals surface area contributed by atoms with Gasteiger partial charge in [0, 0.05) is 32.8 Å². The minimum atomic E-state index is -0.608. The van der Waals surface area contributed by atoms with E-state index in [1.54, 1.807) is 0 Å². The molecule has 2 rings (SSSR count). The first kappa shape index (κ1) is 12.4. The fraction of sp³-hybridized carbons (Fsp3) is 0.455. The van der Waals surface area contributed by atoms with Crippen molar-refractivity contribution >= 4 is 44.0 Å². The van der Waals surface area contributed by atoms with Crippen LogP contribution in [0.25, 0.3) is 0 Å². The van der Waals surface area contributed by atoms with Crippen LogP contribution in [0, 0.1) is 0 Å². The molecule has 0 spiro atoms. The van der Waals surface area contributed by atoms with Gasteiger partial charge in [0.2, 0.25) is 0 Å². The van der Waals surface area contributed by atoms with E-state index in [-0.39, 0.29) is 0 Å². The molecule has 0 radical (unpaired) electrons. The highest BCUT2D eigenvalue weighted by Crippen LogP contribution is 2.27. The van der Waals surface area contributed by atoms with Gasteiger partial charge in [-0.15, -0.1) is 0 Å². The molecule has 5 heteroatoms. The highest BCUT2D eigenvalue weighted by Gasteiger charge is 2.18. The summed E-state index contributed by atoms with van der Waals surface area (Å²) in [6.45, 7) is 0. The second kappa shape index (κ2) is 5.52. The quantitative estimate of drug-likeness (QED) is 0.904. The predicted octanol–water partition coefficient (Wildman–Crippen LogP) is 3.43. The molecule has 0 saturated carbocycles. The number of hydrogen-bond acceptors (Lipinski definition) is 2. The van der Waals surface area contributed by atoms with Gasteiger partial charge in [0.1, 0.15) is 0 Å². The fourth-order valence-electron chi connectivity index (χ4n) is 1.76. The van der Waals surface area contributed by atoms with Crippen LogP contribution in [-0.4, -0.2) is 21.8 Å². The molecule has 2 nitrogen and oxygen atoms in total. The number of nitrogens with one attached hydrogen (secondary N) is 1. The summed E-state index contributed by atoms with van der Waals surface area (Å²) in [5.74, 6) is 1.59. The van der Waals surface area contributed by atoms with Crippen molar-refractivity contribution < 1.29 is 4.21 Å². The Balaban J connectivity index is 2.01. The third kappa shape index (κ3) is 3.22. The van der Waals surface area contributed by atoms with Gasteiger partial charge in [-0.2, -0.15) is 0 Å². The van der Waals surface area contributed by atoms with Crippen molar-refractivity contribution in [2.24, 2.45) is 0 Å². The average Bonchev–Trinajstić information content (AvgIpc) is 2.25. The van der Waals surface area contributed by atoms with Crippen molar-refractivity contribution in [3.63, 3.8) is 0 Å². The lowest BCUT2D eigenvalue weighted by Crippen LogP contribution is -2.29. The third-order valence-corrected chi connectivity index (χ3v) is 4.87. The topological polar surface area (TPSA) is 29.1 Å². The molecule has 0 bridgehead atoms. The highest BCUT2D eigenvalue weighted by atomic mass is 79.9. The second-order valence-electron chi connectivity index (χ2n) is 3.89. The molecule has 0 atom stereocenters. The first-order valence-corrected chi connectivity index (χ1v) is 7.87. The highest BCUT2D eigenvalue weighted by molar-refractivity contribution is 9.10. The second-order valence-corrected chi connectivity index (χ2v) is 6.91. The van der Waals surface area contributed by atoms with E-state index in [1.165, 1.54) is 0 Å². The summed E-state index contributed by atoms with van der Waals surface area (Å²) in [5.41, 5.74) is 0.961. The maximum absolute atomic E-state index is 11.2. The van der Waals surface area contributed by atoms with Crippen LogP contribution < -0.4 is 5.32 Å². The van der Waals surface area contributed by atoms with E-state index >= 15 is 0 Å². The van der Waals surface area contributed by atoms with Crippen LogP contribution in [0.3, 0.4) is 0 Å². The van der Waals surface area contributed by atoms with E-state index < -0.39 is 10.8 Å². The molecule has 1 fully saturated rings. The molecule has 1 aromatic rings. The van der Waals surface area contributed by atoms with Gasteiger partial charge in [0.05, 0.1) is 10.7 Å². The van der Waals surface area contributed by atoms with Crippen molar-refractivity contribution in [1.82, 2.24) is 0 Å². The summed E-state index contributed by atoms with van der Waals surface area (Å²) in [6.07, 6.45) is 1.91. The zero-order valence-corrected chi connectivity index (χ0v) is 11.9. The summed E-state index contributed by atoms with van der Waals surface area (Å²) >= 11 is 9.50. The molecule has 1 saturated heterocycles. The lowest BCUT2D eigenvalue weighted by molar-refractivity contribution is 0.624. The molecule has 0 amide bonds. The number of benzene rings is 1. The Hall–Kier alpha value is -0.0600. The van der Waals surface area contributed by atoms with Crippen molar-refractivity contribution in [1.29, 1.82) is 0 Å². The normalized spacial score (nSPS) is 25.4. The Kier molecular flexibility index (Phi) is 4.27. The van der Waals surface area contributed by atoms with Crippen molar-refractivity contribution in [3.05, 3.63) is 27.7 Å². The first-order chi connectivity index (χ1) is 7.65. The summed E-state index contributed by atoms with van der Waals surface area (Å²) in [4.78, 5) is 0. The molecule has 1 aliphatic heterocycles. The fourth-order valence-corrected chi connectivity index (χ4v) is 3.79. The van der Waals surface area contributed by atoms with E-state index in [2.05, 4.69) is 21.2 Å².